The molecular weight excluding hydrogens is 280 g/mol. The number of anilines is 2. The van der Waals surface area contributed by atoms with Crippen LogP contribution in [0.3, 0.4) is 0 Å². The van der Waals surface area contributed by atoms with E-state index >= 15 is 0 Å². The highest BCUT2D eigenvalue weighted by Gasteiger charge is 2.18. The van der Waals surface area contributed by atoms with E-state index in [0.29, 0.717) is 0 Å². The molecule has 0 atom stereocenters. The minimum atomic E-state index is 0.729. The van der Waals surface area contributed by atoms with Gasteiger partial charge in [-0.3, -0.25) is 4.79 Å². The lowest BCUT2D eigenvalue weighted by atomic mass is 10.3. The summed E-state index contributed by atoms with van der Waals surface area (Å²) < 4.78 is 0. The number of amides is 1. The zero-order valence-electron chi connectivity index (χ0n) is 13.7. The second-order valence-corrected chi connectivity index (χ2v) is 5.91. The van der Waals surface area contributed by atoms with Crippen LogP contribution in [0.2, 0.25) is 0 Å². The molecule has 1 aromatic heterocycles. The molecule has 22 heavy (non-hydrogen) atoms. The monoisotopic (exact) mass is 306 g/mol. The zero-order valence-corrected chi connectivity index (χ0v) is 13.7. The van der Waals surface area contributed by atoms with Crippen molar-refractivity contribution in [3.05, 3.63) is 11.8 Å². The first kappa shape index (κ1) is 16.5. The van der Waals surface area contributed by atoms with Crippen molar-refractivity contribution in [3.63, 3.8) is 0 Å². The quantitative estimate of drug-likeness (QED) is 0.582. The van der Waals surface area contributed by atoms with Gasteiger partial charge >= 0.3 is 0 Å². The Balaban J connectivity index is 1.93. The highest BCUT2D eigenvalue weighted by atomic mass is 16.1. The second kappa shape index (κ2) is 7.93. The van der Waals surface area contributed by atoms with E-state index in [1.54, 1.807) is 4.90 Å². The Morgan fingerprint density at radius 3 is 2.64 bits per heavy atom. The van der Waals surface area contributed by atoms with Crippen LogP contribution in [0.15, 0.2) is 6.07 Å². The fraction of sp³-hybridized carbons (Fsp3) is 0.667. The molecule has 0 unspecified atom stereocenters. The van der Waals surface area contributed by atoms with Gasteiger partial charge in [0.2, 0.25) is 12.4 Å². The summed E-state index contributed by atoms with van der Waals surface area (Å²) in [7, 11) is 4.15. The average Bonchev–Trinajstić information content (AvgIpc) is 2.51. The highest BCUT2D eigenvalue weighted by molar-refractivity contribution is 5.49. The third kappa shape index (κ3) is 4.84. The van der Waals surface area contributed by atoms with Gasteiger partial charge in [-0.05, 0) is 34.0 Å². The topological polar surface area (TPSA) is 64.6 Å². The van der Waals surface area contributed by atoms with Crippen molar-refractivity contribution in [1.29, 1.82) is 0 Å². The van der Waals surface area contributed by atoms with Gasteiger partial charge < -0.3 is 20.0 Å². The Morgan fingerprint density at radius 2 is 2.00 bits per heavy atom. The number of aryl methyl sites for hydroxylation is 1. The number of rotatable bonds is 7. The van der Waals surface area contributed by atoms with Crippen molar-refractivity contribution in [2.45, 2.75) is 13.3 Å². The first-order valence-corrected chi connectivity index (χ1v) is 7.77. The van der Waals surface area contributed by atoms with Crippen molar-refractivity contribution in [1.82, 2.24) is 19.8 Å². The van der Waals surface area contributed by atoms with Crippen LogP contribution in [0.4, 0.5) is 11.8 Å². The summed E-state index contributed by atoms with van der Waals surface area (Å²) in [4.78, 5) is 26.0. The minimum absolute atomic E-state index is 0.729. The number of hydrogen-bond donors (Lipinski definition) is 1. The van der Waals surface area contributed by atoms with Crippen LogP contribution in [0.1, 0.15) is 12.1 Å². The maximum absolute atomic E-state index is 10.8. The lowest BCUT2D eigenvalue weighted by Crippen LogP contribution is -2.46. The maximum Gasteiger partial charge on any atom is 0.227 e. The molecule has 0 bridgehead atoms. The fourth-order valence-corrected chi connectivity index (χ4v) is 2.42. The lowest BCUT2D eigenvalue weighted by molar-refractivity contribution is -0.118. The summed E-state index contributed by atoms with van der Waals surface area (Å²) in [6.45, 7) is 6.95. The Labute approximate surface area is 132 Å². The molecule has 7 nitrogen and oxygen atoms in total. The molecule has 2 heterocycles. The number of carbonyl (C=O) groups excluding carboxylic acids is 1. The number of nitrogens with one attached hydrogen (secondary N) is 1. The maximum atomic E-state index is 10.8. The molecule has 0 radical (unpaired) electrons. The van der Waals surface area contributed by atoms with Gasteiger partial charge in [0.05, 0.1) is 0 Å². The van der Waals surface area contributed by atoms with Crippen LogP contribution in [0.5, 0.6) is 0 Å². The third-order valence-electron chi connectivity index (χ3n) is 3.68. The normalized spacial score (nSPS) is 15.3. The summed E-state index contributed by atoms with van der Waals surface area (Å²) in [5.41, 5.74) is 0.956. The number of aromatic nitrogens is 2. The minimum Gasteiger partial charge on any atom is -0.370 e. The van der Waals surface area contributed by atoms with Crippen molar-refractivity contribution >= 4 is 18.2 Å². The third-order valence-corrected chi connectivity index (χ3v) is 3.68. The molecule has 2 rings (SSSR count). The Morgan fingerprint density at radius 1 is 1.27 bits per heavy atom. The van der Waals surface area contributed by atoms with Crippen LogP contribution in [0, 0.1) is 6.92 Å². The van der Waals surface area contributed by atoms with Gasteiger partial charge in [0.25, 0.3) is 0 Å². The lowest BCUT2D eigenvalue weighted by Gasteiger charge is -2.32. The first-order chi connectivity index (χ1) is 10.6. The number of carbonyl (C=O) groups is 1. The smallest absolute Gasteiger partial charge is 0.227 e. The second-order valence-electron chi connectivity index (χ2n) is 5.91. The Hall–Kier alpha value is -1.89. The molecule has 1 fully saturated rings. The summed E-state index contributed by atoms with van der Waals surface area (Å²) in [6.07, 6.45) is 1.98. The van der Waals surface area contributed by atoms with Crippen molar-refractivity contribution in [2.24, 2.45) is 0 Å². The van der Waals surface area contributed by atoms with Crippen molar-refractivity contribution in [3.8, 4) is 0 Å². The average molecular weight is 306 g/mol. The van der Waals surface area contributed by atoms with E-state index in [0.717, 1.165) is 69.6 Å². The van der Waals surface area contributed by atoms with Gasteiger partial charge in [-0.1, -0.05) is 0 Å². The van der Waals surface area contributed by atoms with Gasteiger partial charge in [-0.15, -0.1) is 0 Å². The van der Waals surface area contributed by atoms with Gasteiger partial charge in [0.1, 0.15) is 5.82 Å². The summed E-state index contributed by atoms with van der Waals surface area (Å²) in [5, 5.41) is 3.37. The van der Waals surface area contributed by atoms with E-state index in [4.69, 9.17) is 0 Å². The van der Waals surface area contributed by atoms with E-state index in [-0.39, 0.29) is 0 Å². The van der Waals surface area contributed by atoms with E-state index in [1.807, 2.05) is 13.0 Å². The van der Waals surface area contributed by atoms with Crippen LogP contribution in [0.25, 0.3) is 0 Å². The number of nitrogens with zero attached hydrogens (tertiary/aromatic N) is 5. The molecule has 0 aliphatic carbocycles. The first-order valence-electron chi connectivity index (χ1n) is 7.77. The van der Waals surface area contributed by atoms with E-state index < -0.39 is 0 Å². The molecule has 1 amide bonds. The van der Waals surface area contributed by atoms with Crippen molar-refractivity contribution < 1.29 is 4.79 Å². The van der Waals surface area contributed by atoms with Gasteiger partial charge in [-0.25, -0.2) is 4.98 Å². The molecule has 1 aromatic rings. The summed E-state index contributed by atoms with van der Waals surface area (Å²) in [6, 6.07) is 1.97. The molecule has 1 aliphatic heterocycles. The van der Waals surface area contributed by atoms with Crippen LogP contribution in [-0.2, 0) is 4.79 Å². The van der Waals surface area contributed by atoms with Gasteiger partial charge in [-0.2, -0.15) is 4.98 Å². The molecule has 0 saturated carbocycles. The predicted molar refractivity (Wildman–Crippen MR) is 88.3 cm³/mol. The van der Waals surface area contributed by atoms with E-state index in [9.17, 15) is 4.79 Å². The Kier molecular flexibility index (Phi) is 5.94. The molecule has 7 heteroatoms. The van der Waals surface area contributed by atoms with Crippen molar-refractivity contribution in [2.75, 3.05) is 63.6 Å². The predicted octanol–water partition coefficient (Wildman–Crippen LogP) is 0.427. The Bertz CT molecular complexity index is 485. The number of hydrogen-bond acceptors (Lipinski definition) is 6. The van der Waals surface area contributed by atoms with Gasteiger partial charge in [0.15, 0.2) is 0 Å². The molecular formula is C15H26N6O. The van der Waals surface area contributed by atoms with Crippen LogP contribution in [-0.4, -0.2) is 79.5 Å². The molecule has 122 valence electrons. The SMILES string of the molecule is Cc1cc(NCCCN(C)C)nc(N2CCN(C=O)CC2)n1. The molecule has 0 spiro atoms. The van der Waals surface area contributed by atoms with Crippen LogP contribution >= 0.6 is 0 Å². The summed E-state index contributed by atoms with van der Waals surface area (Å²) >= 11 is 0. The largest absolute Gasteiger partial charge is 0.370 e. The highest BCUT2D eigenvalue weighted by Crippen LogP contribution is 2.15. The molecule has 1 saturated heterocycles. The zero-order chi connectivity index (χ0) is 15.9. The fourth-order valence-electron chi connectivity index (χ4n) is 2.42. The standard InChI is InChI=1S/C15H26N6O/c1-13-11-14(16-5-4-6-19(2)3)18-15(17-13)21-9-7-20(12-22)8-10-21/h11-12H,4-10H2,1-3H3,(H,16,17,18). The molecule has 1 aliphatic rings. The summed E-state index contributed by atoms with van der Waals surface area (Å²) in [5.74, 6) is 1.62. The molecule has 0 aromatic carbocycles. The van der Waals surface area contributed by atoms with E-state index in [2.05, 4.69) is 39.2 Å². The van der Waals surface area contributed by atoms with Crippen LogP contribution < -0.4 is 10.2 Å². The van der Waals surface area contributed by atoms with Gasteiger partial charge in [0, 0.05) is 44.5 Å². The molecule has 1 N–H and O–H groups in total. The number of piperazine rings is 1. The van der Waals surface area contributed by atoms with E-state index in [1.165, 1.54) is 0 Å².